The van der Waals surface area contributed by atoms with E-state index in [1.165, 1.54) is 5.56 Å². The quantitative estimate of drug-likeness (QED) is 0.298. The molecule has 0 bridgehead atoms. The first-order valence-corrected chi connectivity index (χ1v) is 15.2. The van der Waals surface area contributed by atoms with Gasteiger partial charge in [0.25, 0.3) is 11.8 Å². The Bertz CT molecular complexity index is 1610. The molecule has 2 amide bonds. The number of likely N-dealkylation sites (tertiary alicyclic amines) is 1. The highest BCUT2D eigenvalue weighted by atomic mass is 16.3. The second-order valence-electron chi connectivity index (χ2n) is 11.8. The maximum Gasteiger partial charge on any atom is 0.257 e. The van der Waals surface area contributed by atoms with E-state index >= 15 is 0 Å². The summed E-state index contributed by atoms with van der Waals surface area (Å²) >= 11 is 0. The zero-order chi connectivity index (χ0) is 30.6. The summed E-state index contributed by atoms with van der Waals surface area (Å²) in [5.41, 5.74) is 6.05. The van der Waals surface area contributed by atoms with Gasteiger partial charge in [-0.3, -0.25) is 14.3 Å². The van der Waals surface area contributed by atoms with Crippen molar-refractivity contribution in [3.8, 4) is 11.1 Å². The van der Waals surface area contributed by atoms with E-state index in [1.54, 1.807) is 23.0 Å². The lowest BCUT2D eigenvalue weighted by Gasteiger charge is -2.33. The molecule has 44 heavy (non-hydrogen) atoms. The highest BCUT2D eigenvalue weighted by Gasteiger charge is 2.25. The van der Waals surface area contributed by atoms with Crippen LogP contribution in [0.4, 0.5) is 11.5 Å². The third-order valence-corrected chi connectivity index (χ3v) is 8.75. The molecule has 4 heterocycles. The van der Waals surface area contributed by atoms with E-state index in [1.807, 2.05) is 49.5 Å². The summed E-state index contributed by atoms with van der Waals surface area (Å²) < 4.78 is 1.81. The SMILES string of the molecule is Cc1ccc(C(=O)N2CCC(c3ccc(-c4cnn(C)c4)cc3)CC2)cc1NC(=O)c1ccc(N2CCN[C@H](CO)C2)nc1. The van der Waals surface area contributed by atoms with E-state index in [9.17, 15) is 14.7 Å². The molecule has 2 fully saturated rings. The summed E-state index contributed by atoms with van der Waals surface area (Å²) in [4.78, 5) is 35.1. The van der Waals surface area contributed by atoms with Gasteiger partial charge in [0.1, 0.15) is 5.82 Å². The fourth-order valence-electron chi connectivity index (χ4n) is 6.06. The van der Waals surface area contributed by atoms with Crippen molar-refractivity contribution >= 4 is 23.3 Å². The van der Waals surface area contributed by atoms with Crippen LogP contribution in [-0.2, 0) is 7.05 Å². The van der Waals surface area contributed by atoms with Gasteiger partial charge in [0.05, 0.1) is 18.4 Å². The molecule has 2 aromatic carbocycles. The molecule has 10 nitrogen and oxygen atoms in total. The molecule has 0 saturated carbocycles. The number of pyridine rings is 1. The summed E-state index contributed by atoms with van der Waals surface area (Å²) in [6.07, 6.45) is 7.27. The molecule has 0 radical (unpaired) electrons. The minimum absolute atomic E-state index is 0.00790. The van der Waals surface area contributed by atoms with Crippen LogP contribution in [0.5, 0.6) is 0 Å². The van der Waals surface area contributed by atoms with Gasteiger partial charge < -0.3 is 25.5 Å². The van der Waals surface area contributed by atoms with Crippen molar-refractivity contribution in [3.63, 3.8) is 0 Å². The number of aromatic nitrogens is 3. The monoisotopic (exact) mass is 593 g/mol. The minimum Gasteiger partial charge on any atom is -0.395 e. The van der Waals surface area contributed by atoms with Gasteiger partial charge in [-0.25, -0.2) is 4.98 Å². The van der Waals surface area contributed by atoms with Crippen molar-refractivity contribution in [2.24, 2.45) is 7.05 Å². The maximum absolute atomic E-state index is 13.5. The van der Waals surface area contributed by atoms with Crippen molar-refractivity contribution in [2.75, 3.05) is 49.5 Å². The molecule has 1 atom stereocenters. The molecule has 2 saturated heterocycles. The molecule has 3 N–H and O–H groups in total. The standard InChI is InChI=1S/C34H39N7O3/c1-23-3-4-27(17-31(23)38-33(43)28-9-10-32(36-18-28)41-16-13-35-30(21-41)22-42)34(44)40-14-11-26(12-15-40)24-5-7-25(8-6-24)29-19-37-39(2)20-29/h3-10,17-20,26,30,35,42H,11-16,21-22H2,1-2H3,(H,38,43)/t30-/m0/s1. The predicted molar refractivity (Wildman–Crippen MR) is 171 cm³/mol. The Balaban J connectivity index is 1.05. The molecule has 0 aliphatic carbocycles. The molecule has 2 aromatic heterocycles. The van der Waals surface area contributed by atoms with Crippen LogP contribution in [0.2, 0.25) is 0 Å². The minimum atomic E-state index is -0.277. The van der Waals surface area contributed by atoms with Gasteiger partial charge in [-0.1, -0.05) is 30.3 Å². The molecule has 6 rings (SSSR count). The van der Waals surface area contributed by atoms with Crippen LogP contribution in [0.25, 0.3) is 11.1 Å². The number of benzene rings is 2. The van der Waals surface area contributed by atoms with Crippen molar-refractivity contribution in [1.82, 2.24) is 25.0 Å². The van der Waals surface area contributed by atoms with Crippen LogP contribution >= 0.6 is 0 Å². The average molecular weight is 594 g/mol. The molecule has 2 aliphatic rings. The molecule has 10 heteroatoms. The van der Waals surface area contributed by atoms with E-state index in [0.29, 0.717) is 42.4 Å². The Labute approximate surface area is 257 Å². The Morgan fingerprint density at radius 1 is 0.977 bits per heavy atom. The maximum atomic E-state index is 13.5. The van der Waals surface area contributed by atoms with Gasteiger partial charge in [-0.2, -0.15) is 5.10 Å². The highest BCUT2D eigenvalue weighted by molar-refractivity contribution is 6.05. The molecular weight excluding hydrogens is 554 g/mol. The van der Waals surface area contributed by atoms with Gasteiger partial charge in [0, 0.05) is 75.0 Å². The number of nitrogens with one attached hydrogen (secondary N) is 2. The van der Waals surface area contributed by atoms with E-state index in [0.717, 1.165) is 48.4 Å². The lowest BCUT2D eigenvalue weighted by Crippen LogP contribution is -2.52. The number of hydrogen-bond donors (Lipinski definition) is 3. The zero-order valence-electron chi connectivity index (χ0n) is 25.2. The largest absolute Gasteiger partial charge is 0.395 e. The number of nitrogens with zero attached hydrogens (tertiary/aromatic N) is 5. The Morgan fingerprint density at radius 3 is 2.43 bits per heavy atom. The van der Waals surface area contributed by atoms with Crippen LogP contribution in [-0.4, -0.2) is 82.0 Å². The number of hydrogen-bond acceptors (Lipinski definition) is 7. The van der Waals surface area contributed by atoms with Gasteiger partial charge in [-0.05, 0) is 66.6 Å². The zero-order valence-corrected chi connectivity index (χ0v) is 25.2. The predicted octanol–water partition coefficient (Wildman–Crippen LogP) is 3.83. The number of aliphatic hydroxyl groups is 1. The third-order valence-electron chi connectivity index (χ3n) is 8.75. The first-order valence-electron chi connectivity index (χ1n) is 15.2. The number of amides is 2. The van der Waals surface area contributed by atoms with Crippen LogP contribution < -0.4 is 15.5 Å². The molecule has 0 unspecified atom stereocenters. The first kappa shape index (κ1) is 29.5. The van der Waals surface area contributed by atoms with Crippen molar-refractivity contribution in [2.45, 2.75) is 31.7 Å². The van der Waals surface area contributed by atoms with Gasteiger partial charge >= 0.3 is 0 Å². The molecular formula is C34H39N7O3. The van der Waals surface area contributed by atoms with Crippen LogP contribution in [0, 0.1) is 6.92 Å². The third kappa shape index (κ3) is 6.51. The summed E-state index contributed by atoms with van der Waals surface area (Å²) in [5.74, 6) is 0.892. The molecule has 4 aromatic rings. The summed E-state index contributed by atoms with van der Waals surface area (Å²) in [6.45, 7) is 5.57. The molecule has 228 valence electrons. The Kier molecular flexibility index (Phi) is 8.72. The number of carbonyl (C=O) groups is 2. The smallest absolute Gasteiger partial charge is 0.257 e. The number of anilines is 2. The van der Waals surface area contributed by atoms with Crippen molar-refractivity contribution < 1.29 is 14.7 Å². The normalized spacial score (nSPS) is 17.5. The van der Waals surface area contributed by atoms with Gasteiger partial charge in [0.2, 0.25) is 0 Å². The van der Waals surface area contributed by atoms with Crippen molar-refractivity contribution in [3.05, 3.63) is 95.4 Å². The Hall–Kier alpha value is -4.54. The summed E-state index contributed by atoms with van der Waals surface area (Å²) in [5, 5.41) is 20.0. The van der Waals surface area contributed by atoms with Gasteiger partial charge in [0.15, 0.2) is 0 Å². The fourth-order valence-corrected chi connectivity index (χ4v) is 6.06. The van der Waals surface area contributed by atoms with Gasteiger partial charge in [-0.15, -0.1) is 0 Å². The first-order chi connectivity index (χ1) is 21.4. The average Bonchev–Trinajstić information content (AvgIpc) is 3.51. The topological polar surface area (TPSA) is 116 Å². The molecule has 2 aliphatic heterocycles. The number of aliphatic hydroxyl groups excluding tert-OH is 1. The summed E-state index contributed by atoms with van der Waals surface area (Å²) in [7, 11) is 1.92. The lowest BCUT2D eigenvalue weighted by molar-refractivity contribution is 0.0712. The van der Waals surface area contributed by atoms with E-state index < -0.39 is 0 Å². The second-order valence-corrected chi connectivity index (χ2v) is 11.8. The number of piperazine rings is 1. The van der Waals surface area contributed by atoms with E-state index in [4.69, 9.17) is 0 Å². The number of rotatable bonds is 7. The van der Waals surface area contributed by atoms with E-state index in [2.05, 4.69) is 49.9 Å². The Morgan fingerprint density at radius 2 is 1.75 bits per heavy atom. The number of carbonyl (C=O) groups excluding carboxylic acids is 2. The van der Waals surface area contributed by atoms with Crippen LogP contribution in [0.15, 0.2) is 73.2 Å². The highest BCUT2D eigenvalue weighted by Crippen LogP contribution is 2.31. The van der Waals surface area contributed by atoms with Crippen LogP contribution in [0.1, 0.15) is 50.6 Å². The summed E-state index contributed by atoms with van der Waals surface area (Å²) in [6, 6.07) is 17.8. The van der Waals surface area contributed by atoms with Crippen LogP contribution in [0.3, 0.4) is 0 Å². The van der Waals surface area contributed by atoms with E-state index in [-0.39, 0.29) is 24.5 Å². The number of piperidine rings is 1. The molecule has 0 spiro atoms. The lowest BCUT2D eigenvalue weighted by atomic mass is 9.88. The number of aryl methyl sites for hydroxylation is 2. The second kappa shape index (κ2) is 13.0. The van der Waals surface area contributed by atoms with Crippen molar-refractivity contribution in [1.29, 1.82) is 0 Å². The fraction of sp³-hybridized carbons (Fsp3) is 0.353.